The van der Waals surface area contributed by atoms with Gasteiger partial charge in [-0.3, -0.25) is 0 Å². The molecule has 0 heterocycles. The van der Waals surface area contributed by atoms with Crippen LogP contribution in [0.15, 0.2) is 18.2 Å². The molecule has 3 N–H and O–H groups in total. The zero-order chi connectivity index (χ0) is 15.0. The summed E-state index contributed by atoms with van der Waals surface area (Å²) in [6.45, 7) is -0.0297. The number of benzene rings is 1. The number of carbonyl (C=O) groups excluding carboxylic acids is 1. The minimum absolute atomic E-state index is 0.152. The van der Waals surface area contributed by atoms with Crippen LogP contribution in [0.25, 0.3) is 0 Å². The highest BCUT2D eigenvalue weighted by molar-refractivity contribution is 5.89. The van der Waals surface area contributed by atoms with Crippen molar-refractivity contribution in [3.05, 3.63) is 18.2 Å². The van der Waals surface area contributed by atoms with Crippen LogP contribution in [0.4, 0.5) is 10.5 Å². The monoisotopic (exact) mass is 284 g/mol. The number of hydrogen-bond donors (Lipinski definition) is 3. The lowest BCUT2D eigenvalue weighted by Gasteiger charge is -2.21. The third-order valence-electron chi connectivity index (χ3n) is 2.66. The number of amides is 2. The van der Waals surface area contributed by atoms with E-state index in [1.165, 1.54) is 19.1 Å². The Morgan fingerprint density at radius 1 is 1.15 bits per heavy atom. The molecule has 20 heavy (non-hydrogen) atoms. The largest absolute Gasteiger partial charge is 0.493 e. The van der Waals surface area contributed by atoms with Crippen molar-refractivity contribution in [2.75, 3.05) is 45.8 Å². The normalized spacial score (nSPS) is 10.0. The second-order valence-corrected chi connectivity index (χ2v) is 3.93. The van der Waals surface area contributed by atoms with Crippen LogP contribution in [-0.2, 0) is 0 Å². The number of nitrogens with one attached hydrogen (secondary N) is 1. The topological polar surface area (TPSA) is 91.3 Å². The standard InChI is InChI=1S/C13H20N2O5/c1-19-11-4-3-10(9-12(11)20-2)14-13(18)15(5-7-16)6-8-17/h3-4,9,16-17H,5-8H2,1-2H3,(H,14,18). The van der Waals surface area contributed by atoms with Gasteiger partial charge >= 0.3 is 6.03 Å². The Balaban J connectivity index is 2.78. The maximum Gasteiger partial charge on any atom is 0.322 e. The molecule has 112 valence electrons. The summed E-state index contributed by atoms with van der Waals surface area (Å²) < 4.78 is 10.3. The Kier molecular flexibility index (Phi) is 6.61. The third kappa shape index (κ3) is 4.29. The Morgan fingerprint density at radius 3 is 2.25 bits per heavy atom. The number of aliphatic hydroxyl groups is 2. The Bertz CT molecular complexity index is 433. The minimum atomic E-state index is -0.402. The van der Waals surface area contributed by atoms with Gasteiger partial charge in [0.1, 0.15) is 0 Å². The van der Waals surface area contributed by atoms with Gasteiger partial charge in [0, 0.05) is 24.8 Å². The molecule has 7 nitrogen and oxygen atoms in total. The molecule has 2 amide bonds. The van der Waals surface area contributed by atoms with Crippen molar-refractivity contribution in [1.29, 1.82) is 0 Å². The van der Waals surface area contributed by atoms with E-state index in [0.717, 1.165) is 0 Å². The van der Waals surface area contributed by atoms with Gasteiger partial charge in [-0.1, -0.05) is 0 Å². The summed E-state index contributed by atoms with van der Waals surface area (Å²) in [5.41, 5.74) is 0.536. The molecule has 0 bridgehead atoms. The van der Waals surface area contributed by atoms with Crippen LogP contribution in [0.3, 0.4) is 0 Å². The van der Waals surface area contributed by atoms with Crippen molar-refractivity contribution < 1.29 is 24.5 Å². The highest BCUT2D eigenvalue weighted by Gasteiger charge is 2.13. The van der Waals surface area contributed by atoms with E-state index in [-0.39, 0.29) is 26.3 Å². The van der Waals surface area contributed by atoms with E-state index < -0.39 is 6.03 Å². The average molecular weight is 284 g/mol. The lowest BCUT2D eigenvalue weighted by molar-refractivity contribution is 0.167. The SMILES string of the molecule is COc1ccc(NC(=O)N(CCO)CCO)cc1OC. The summed E-state index contributed by atoms with van der Waals surface area (Å²) in [7, 11) is 3.04. The van der Waals surface area contributed by atoms with Gasteiger partial charge in [-0.05, 0) is 12.1 Å². The lowest BCUT2D eigenvalue weighted by atomic mass is 10.2. The number of nitrogens with zero attached hydrogens (tertiary/aromatic N) is 1. The van der Waals surface area contributed by atoms with Gasteiger partial charge in [0.25, 0.3) is 0 Å². The number of urea groups is 1. The van der Waals surface area contributed by atoms with Gasteiger partial charge in [-0.15, -0.1) is 0 Å². The van der Waals surface area contributed by atoms with Gasteiger partial charge in [0.05, 0.1) is 27.4 Å². The smallest absolute Gasteiger partial charge is 0.322 e. The van der Waals surface area contributed by atoms with Gasteiger partial charge < -0.3 is 29.9 Å². The molecule has 0 atom stereocenters. The van der Waals surface area contributed by atoms with Gasteiger partial charge in [0.15, 0.2) is 11.5 Å². The molecule has 0 fully saturated rings. The maximum absolute atomic E-state index is 12.0. The Hall–Kier alpha value is -1.99. The molecule has 0 saturated heterocycles. The highest BCUT2D eigenvalue weighted by atomic mass is 16.5. The van der Waals surface area contributed by atoms with E-state index >= 15 is 0 Å². The molecular weight excluding hydrogens is 264 g/mol. The summed E-state index contributed by atoms with van der Waals surface area (Å²) in [5.74, 6) is 1.06. The van der Waals surface area contributed by atoms with Crippen molar-refractivity contribution in [2.24, 2.45) is 0 Å². The number of anilines is 1. The first-order valence-corrected chi connectivity index (χ1v) is 6.16. The first-order chi connectivity index (χ1) is 9.65. The molecule has 0 unspecified atom stereocenters. The van der Waals surface area contributed by atoms with Crippen LogP contribution in [0.5, 0.6) is 11.5 Å². The number of aliphatic hydroxyl groups excluding tert-OH is 2. The molecular formula is C13H20N2O5. The van der Waals surface area contributed by atoms with Crippen molar-refractivity contribution in [3.8, 4) is 11.5 Å². The molecule has 0 aliphatic heterocycles. The quantitative estimate of drug-likeness (QED) is 0.679. The van der Waals surface area contributed by atoms with Crippen LogP contribution in [0.1, 0.15) is 0 Å². The molecule has 7 heteroatoms. The summed E-state index contributed by atoms with van der Waals surface area (Å²) in [5, 5.41) is 20.4. The van der Waals surface area contributed by atoms with Crippen LogP contribution < -0.4 is 14.8 Å². The minimum Gasteiger partial charge on any atom is -0.493 e. The fourth-order valence-electron chi connectivity index (χ4n) is 1.67. The van der Waals surface area contributed by atoms with Crippen molar-refractivity contribution in [1.82, 2.24) is 4.90 Å². The predicted octanol–water partition coefficient (Wildman–Crippen LogP) is 0.522. The molecule has 0 radical (unpaired) electrons. The van der Waals surface area contributed by atoms with Crippen LogP contribution >= 0.6 is 0 Å². The zero-order valence-electron chi connectivity index (χ0n) is 11.6. The molecule has 0 aliphatic rings. The third-order valence-corrected chi connectivity index (χ3v) is 2.66. The number of rotatable bonds is 7. The van der Waals surface area contributed by atoms with Crippen molar-refractivity contribution in [3.63, 3.8) is 0 Å². The van der Waals surface area contributed by atoms with Crippen molar-refractivity contribution in [2.45, 2.75) is 0 Å². The van der Waals surface area contributed by atoms with E-state index in [0.29, 0.717) is 17.2 Å². The van der Waals surface area contributed by atoms with E-state index in [9.17, 15) is 4.79 Å². The maximum atomic E-state index is 12.0. The Morgan fingerprint density at radius 2 is 1.75 bits per heavy atom. The second kappa shape index (κ2) is 8.23. The number of ether oxygens (including phenoxy) is 2. The second-order valence-electron chi connectivity index (χ2n) is 3.93. The van der Waals surface area contributed by atoms with Crippen LogP contribution in [0, 0.1) is 0 Å². The summed E-state index contributed by atoms with van der Waals surface area (Å²) >= 11 is 0. The molecule has 0 aromatic heterocycles. The first kappa shape index (κ1) is 16.1. The summed E-state index contributed by atoms with van der Waals surface area (Å²) in [6, 6.07) is 4.58. The summed E-state index contributed by atoms with van der Waals surface area (Å²) in [6.07, 6.45) is 0. The zero-order valence-corrected chi connectivity index (χ0v) is 11.6. The predicted molar refractivity (Wildman–Crippen MR) is 74.3 cm³/mol. The molecule has 0 spiro atoms. The molecule has 0 saturated carbocycles. The van der Waals surface area contributed by atoms with Gasteiger partial charge in [-0.25, -0.2) is 4.79 Å². The van der Waals surface area contributed by atoms with Gasteiger partial charge in [0.2, 0.25) is 0 Å². The van der Waals surface area contributed by atoms with Crippen LogP contribution in [-0.4, -0.2) is 61.7 Å². The molecule has 1 aromatic rings. The molecule has 0 aliphatic carbocycles. The van der Waals surface area contributed by atoms with Crippen LogP contribution in [0.2, 0.25) is 0 Å². The number of methoxy groups -OCH3 is 2. The van der Waals surface area contributed by atoms with Crippen molar-refractivity contribution >= 4 is 11.7 Å². The number of carbonyl (C=O) groups is 1. The van der Waals surface area contributed by atoms with E-state index in [1.807, 2.05) is 0 Å². The van der Waals surface area contributed by atoms with E-state index in [1.54, 1.807) is 18.2 Å². The first-order valence-electron chi connectivity index (χ1n) is 6.16. The fraction of sp³-hybridized carbons (Fsp3) is 0.462. The Labute approximate surface area is 117 Å². The molecule has 1 rings (SSSR count). The summed E-state index contributed by atoms with van der Waals surface area (Å²) in [4.78, 5) is 13.3. The highest BCUT2D eigenvalue weighted by Crippen LogP contribution is 2.29. The van der Waals surface area contributed by atoms with Gasteiger partial charge in [-0.2, -0.15) is 0 Å². The average Bonchev–Trinajstić information content (AvgIpc) is 2.46. The lowest BCUT2D eigenvalue weighted by Crippen LogP contribution is -2.38. The van der Waals surface area contributed by atoms with E-state index in [4.69, 9.17) is 19.7 Å². The molecule has 1 aromatic carbocycles. The fourth-order valence-corrected chi connectivity index (χ4v) is 1.67. The van der Waals surface area contributed by atoms with E-state index in [2.05, 4.69) is 5.32 Å². The number of hydrogen-bond acceptors (Lipinski definition) is 5.